The van der Waals surface area contributed by atoms with E-state index in [1.165, 1.54) is 12.8 Å². The van der Waals surface area contributed by atoms with Gasteiger partial charge in [0.15, 0.2) is 0 Å². The van der Waals surface area contributed by atoms with Crippen LogP contribution in [0, 0.1) is 23.2 Å². The van der Waals surface area contributed by atoms with E-state index in [1.807, 2.05) is 18.2 Å². The van der Waals surface area contributed by atoms with Gasteiger partial charge in [-0.05, 0) is 18.4 Å². The number of nitriles is 1. The van der Waals surface area contributed by atoms with Crippen molar-refractivity contribution in [2.75, 3.05) is 0 Å². The molecular weight excluding hydrogens is 210 g/mol. The van der Waals surface area contributed by atoms with Crippen molar-refractivity contribution in [3.05, 3.63) is 35.9 Å². The molecule has 17 heavy (non-hydrogen) atoms. The van der Waals surface area contributed by atoms with Crippen molar-refractivity contribution in [1.82, 2.24) is 0 Å². The summed E-state index contributed by atoms with van der Waals surface area (Å²) in [6, 6.07) is 12.7. The maximum atomic E-state index is 9.41. The second-order valence-corrected chi connectivity index (χ2v) is 5.11. The molecule has 0 amide bonds. The number of ether oxygens (including phenoxy) is 1. The Hall–Kier alpha value is -1.33. The van der Waals surface area contributed by atoms with Gasteiger partial charge >= 0.3 is 0 Å². The van der Waals surface area contributed by atoms with Crippen LogP contribution in [0.1, 0.15) is 37.4 Å². The fourth-order valence-electron chi connectivity index (χ4n) is 3.29. The van der Waals surface area contributed by atoms with Crippen LogP contribution in [0.3, 0.4) is 0 Å². The summed E-state index contributed by atoms with van der Waals surface area (Å²) >= 11 is 0. The van der Waals surface area contributed by atoms with E-state index in [9.17, 15) is 5.26 Å². The minimum atomic E-state index is -0.00528. The Labute approximate surface area is 102 Å². The maximum absolute atomic E-state index is 9.41. The van der Waals surface area contributed by atoms with Crippen molar-refractivity contribution in [3.63, 3.8) is 0 Å². The van der Waals surface area contributed by atoms with Gasteiger partial charge in [-0.25, -0.2) is 0 Å². The van der Waals surface area contributed by atoms with Gasteiger partial charge in [0.2, 0.25) is 0 Å². The van der Waals surface area contributed by atoms with Crippen LogP contribution in [0.2, 0.25) is 0 Å². The van der Waals surface area contributed by atoms with Gasteiger partial charge in [-0.3, -0.25) is 0 Å². The lowest BCUT2D eigenvalue weighted by atomic mass is 9.78. The highest BCUT2D eigenvalue weighted by Crippen LogP contribution is 2.47. The van der Waals surface area contributed by atoms with Crippen LogP contribution in [0.25, 0.3) is 0 Å². The normalized spacial score (nSPS) is 36.2. The molecular formula is C15H17NO. The van der Waals surface area contributed by atoms with Gasteiger partial charge < -0.3 is 4.74 Å². The molecule has 1 aromatic rings. The van der Waals surface area contributed by atoms with Crippen LogP contribution in [0.5, 0.6) is 0 Å². The molecule has 1 aliphatic carbocycles. The molecule has 1 aromatic carbocycles. The predicted molar refractivity (Wildman–Crippen MR) is 65.1 cm³/mol. The van der Waals surface area contributed by atoms with Crippen LogP contribution in [0.4, 0.5) is 0 Å². The van der Waals surface area contributed by atoms with E-state index >= 15 is 0 Å². The van der Waals surface area contributed by atoms with Crippen LogP contribution in [-0.4, -0.2) is 6.10 Å². The monoisotopic (exact) mass is 227 g/mol. The lowest BCUT2D eigenvalue weighted by Gasteiger charge is -2.24. The minimum Gasteiger partial charge on any atom is -0.369 e. The topological polar surface area (TPSA) is 33.0 Å². The average molecular weight is 227 g/mol. The summed E-state index contributed by atoms with van der Waals surface area (Å²) in [7, 11) is 0. The standard InChI is InChI=1S/C15H17NO/c16-10-13-12-8-4-5-9-14(12)17-15(13)11-6-2-1-3-7-11/h1-3,6-7,12-15H,4-5,8-9H2/t12-,13+,14-,15+/m0/s1. The summed E-state index contributed by atoms with van der Waals surface area (Å²) in [4.78, 5) is 0. The van der Waals surface area contributed by atoms with E-state index in [-0.39, 0.29) is 12.0 Å². The summed E-state index contributed by atoms with van der Waals surface area (Å²) in [5.74, 6) is 0.502. The molecule has 0 unspecified atom stereocenters. The van der Waals surface area contributed by atoms with Gasteiger partial charge in [-0.1, -0.05) is 43.2 Å². The Morgan fingerprint density at radius 1 is 1.12 bits per heavy atom. The molecule has 1 aliphatic heterocycles. The number of hydrogen-bond acceptors (Lipinski definition) is 2. The van der Waals surface area contributed by atoms with Gasteiger partial charge in [0.1, 0.15) is 0 Å². The van der Waals surface area contributed by atoms with Crippen molar-refractivity contribution >= 4 is 0 Å². The third-order valence-electron chi connectivity index (χ3n) is 4.14. The number of nitrogens with zero attached hydrogens (tertiary/aromatic N) is 1. The SMILES string of the molecule is N#C[C@@H]1[C@@H]2CCCC[C@@H]2O[C@@H]1c1ccccc1. The summed E-state index contributed by atoms with van der Waals surface area (Å²) in [5.41, 5.74) is 1.16. The fraction of sp³-hybridized carbons (Fsp3) is 0.533. The fourth-order valence-corrected chi connectivity index (χ4v) is 3.29. The first-order valence-corrected chi connectivity index (χ1v) is 6.50. The third kappa shape index (κ3) is 1.85. The Kier molecular flexibility index (Phi) is 2.86. The van der Waals surface area contributed by atoms with Crippen LogP contribution < -0.4 is 0 Å². The third-order valence-corrected chi connectivity index (χ3v) is 4.14. The van der Waals surface area contributed by atoms with Crippen LogP contribution >= 0.6 is 0 Å². The van der Waals surface area contributed by atoms with Gasteiger partial charge in [0.05, 0.1) is 24.2 Å². The van der Waals surface area contributed by atoms with Crippen LogP contribution in [0.15, 0.2) is 30.3 Å². The first-order chi connectivity index (χ1) is 8.40. The highest BCUT2D eigenvalue weighted by Gasteiger charge is 2.45. The van der Waals surface area contributed by atoms with Crippen molar-refractivity contribution < 1.29 is 4.74 Å². The number of benzene rings is 1. The molecule has 1 heterocycles. The van der Waals surface area contributed by atoms with Crippen LogP contribution in [-0.2, 0) is 4.74 Å². The Morgan fingerprint density at radius 2 is 1.88 bits per heavy atom. The molecule has 2 heteroatoms. The Bertz CT molecular complexity index is 422. The van der Waals surface area contributed by atoms with E-state index in [2.05, 4.69) is 18.2 Å². The van der Waals surface area contributed by atoms with Gasteiger partial charge in [-0.2, -0.15) is 5.26 Å². The summed E-state index contributed by atoms with van der Waals surface area (Å²) < 4.78 is 6.13. The largest absolute Gasteiger partial charge is 0.369 e. The second-order valence-electron chi connectivity index (χ2n) is 5.11. The molecule has 1 saturated carbocycles. The first kappa shape index (κ1) is 10.8. The zero-order valence-electron chi connectivity index (χ0n) is 9.88. The molecule has 1 saturated heterocycles. The summed E-state index contributed by atoms with van der Waals surface area (Å²) in [6.45, 7) is 0. The predicted octanol–water partition coefficient (Wildman–Crippen LogP) is 3.46. The molecule has 2 aliphatic rings. The van der Waals surface area contributed by atoms with Gasteiger partial charge in [0, 0.05) is 5.92 Å². The minimum absolute atomic E-state index is 0.00528. The van der Waals surface area contributed by atoms with E-state index in [0.29, 0.717) is 12.0 Å². The van der Waals surface area contributed by atoms with E-state index in [0.717, 1.165) is 18.4 Å². The molecule has 2 fully saturated rings. The molecule has 2 nitrogen and oxygen atoms in total. The highest BCUT2D eigenvalue weighted by atomic mass is 16.5. The lowest BCUT2D eigenvalue weighted by molar-refractivity contribution is 0.0166. The van der Waals surface area contributed by atoms with Crippen molar-refractivity contribution in [1.29, 1.82) is 5.26 Å². The molecule has 0 spiro atoms. The average Bonchev–Trinajstić information content (AvgIpc) is 2.78. The maximum Gasteiger partial charge on any atom is 0.0990 e. The second kappa shape index (κ2) is 4.50. The number of fused-ring (bicyclic) bond motifs is 1. The first-order valence-electron chi connectivity index (χ1n) is 6.50. The molecule has 4 atom stereocenters. The zero-order valence-corrected chi connectivity index (χ0v) is 9.88. The molecule has 0 bridgehead atoms. The zero-order chi connectivity index (χ0) is 11.7. The van der Waals surface area contributed by atoms with Crippen molar-refractivity contribution in [3.8, 4) is 6.07 Å². The number of hydrogen-bond donors (Lipinski definition) is 0. The summed E-state index contributed by atoms with van der Waals surface area (Å²) in [6.07, 6.45) is 5.11. The summed E-state index contributed by atoms with van der Waals surface area (Å²) in [5, 5.41) is 9.41. The van der Waals surface area contributed by atoms with Crippen molar-refractivity contribution in [2.24, 2.45) is 11.8 Å². The van der Waals surface area contributed by atoms with E-state index < -0.39 is 0 Å². The quantitative estimate of drug-likeness (QED) is 0.736. The molecule has 3 rings (SSSR count). The van der Waals surface area contributed by atoms with Gasteiger partial charge in [0.25, 0.3) is 0 Å². The molecule has 0 N–H and O–H groups in total. The van der Waals surface area contributed by atoms with E-state index in [4.69, 9.17) is 4.74 Å². The molecule has 0 radical (unpaired) electrons. The smallest absolute Gasteiger partial charge is 0.0990 e. The lowest BCUT2D eigenvalue weighted by Crippen LogP contribution is -2.23. The molecule has 88 valence electrons. The highest BCUT2D eigenvalue weighted by molar-refractivity contribution is 5.22. The van der Waals surface area contributed by atoms with E-state index in [1.54, 1.807) is 0 Å². The van der Waals surface area contributed by atoms with Gasteiger partial charge in [-0.15, -0.1) is 0 Å². The Balaban J connectivity index is 1.88. The van der Waals surface area contributed by atoms with Crippen molar-refractivity contribution in [2.45, 2.75) is 37.9 Å². The number of rotatable bonds is 1. The Morgan fingerprint density at radius 3 is 2.65 bits per heavy atom. The molecule has 0 aromatic heterocycles.